The Hall–Kier alpha value is 0.350. The predicted molar refractivity (Wildman–Crippen MR) is 63.6 cm³/mol. The van der Waals surface area contributed by atoms with Gasteiger partial charge in [-0.1, -0.05) is 26.7 Å². The molecule has 3 heteroatoms. The van der Waals surface area contributed by atoms with E-state index in [1.165, 1.54) is 19.3 Å². The summed E-state index contributed by atoms with van der Waals surface area (Å²) in [6.45, 7) is 9.97. The zero-order chi connectivity index (χ0) is 11.2. The third-order valence-corrected chi connectivity index (χ3v) is 2.12. The van der Waals surface area contributed by atoms with Crippen LogP contribution in [0.25, 0.3) is 0 Å². The first-order chi connectivity index (χ1) is 6.77. The highest BCUT2D eigenvalue weighted by molar-refractivity contribution is 7.50. The summed E-state index contributed by atoms with van der Waals surface area (Å²) in [5.41, 5.74) is 2.40. The standard InChI is InChI=1S/C8H20NOP.C2H6/c1-11(2)10-8-6-4-3-5-7-9;1-2/h3-9H2,1-2H3;1-2H3/i/hT. The third-order valence-electron chi connectivity index (χ3n) is 1.42. The van der Waals surface area contributed by atoms with Gasteiger partial charge in [-0.2, -0.15) is 0 Å². The molecular formula is C10H26NOP. The van der Waals surface area contributed by atoms with E-state index in [-0.39, 0.29) is 8.15 Å². The summed E-state index contributed by atoms with van der Waals surface area (Å²) in [5.74, 6) is 0. The Bertz CT molecular complexity index is 94.2. The average molecular weight is 209 g/mol. The maximum absolute atomic E-state index is 6.70. The van der Waals surface area contributed by atoms with Gasteiger partial charge in [-0.15, -0.1) is 0 Å². The lowest BCUT2D eigenvalue weighted by molar-refractivity contribution is 0.340. The van der Waals surface area contributed by atoms with Gasteiger partial charge in [-0.3, -0.25) is 0 Å². The second-order valence-corrected chi connectivity index (χ2v) is 4.69. The molecule has 13 heavy (non-hydrogen) atoms. The van der Waals surface area contributed by atoms with E-state index in [0.29, 0.717) is 0 Å². The topological polar surface area (TPSA) is 35.2 Å². The molecule has 0 fully saturated rings. The summed E-state index contributed by atoms with van der Waals surface area (Å²) < 4.78 is 12.2. The predicted octanol–water partition coefficient (Wildman–Crippen LogP) is 3.20. The van der Waals surface area contributed by atoms with Crippen molar-refractivity contribution >= 4 is 8.15 Å². The highest BCUT2D eigenvalue weighted by Gasteiger charge is 1.92. The number of unbranched alkanes of at least 4 members (excludes halogenated alkanes) is 3. The molecule has 0 spiro atoms. The molecule has 0 heterocycles. The molecule has 0 aromatic carbocycles. The lowest BCUT2D eigenvalue weighted by Crippen LogP contribution is -1.98. The van der Waals surface area contributed by atoms with Crippen LogP contribution >= 0.6 is 8.15 Å². The molecule has 0 saturated heterocycles. The van der Waals surface area contributed by atoms with E-state index in [9.17, 15) is 0 Å². The Labute approximate surface area is 86.5 Å². The Balaban J connectivity index is 0. The Kier molecular flexibility index (Phi) is 15.3. The summed E-state index contributed by atoms with van der Waals surface area (Å²) >= 11 is 0. The first-order valence-electron chi connectivity index (χ1n) is 5.72. The average Bonchev–Trinajstić information content (AvgIpc) is 2.19. The van der Waals surface area contributed by atoms with Crippen molar-refractivity contribution in [2.75, 3.05) is 26.5 Å². The fourth-order valence-electron chi connectivity index (χ4n) is 0.828. The molecule has 82 valence electrons. The molecule has 0 rings (SSSR count). The number of rotatable bonds is 8. The fourth-order valence-corrected chi connectivity index (χ4v) is 1.32. The van der Waals surface area contributed by atoms with E-state index < -0.39 is 0 Å². The van der Waals surface area contributed by atoms with Crippen molar-refractivity contribution in [2.24, 2.45) is 5.73 Å². The minimum Gasteiger partial charge on any atom is -0.360 e. The van der Waals surface area contributed by atoms with Gasteiger partial charge < -0.3 is 10.3 Å². The second-order valence-electron chi connectivity index (χ2n) is 2.81. The quantitative estimate of drug-likeness (QED) is 0.492. The lowest BCUT2D eigenvalue weighted by Gasteiger charge is -2.06. The number of hydrogen-bond acceptors (Lipinski definition) is 2. The Morgan fingerprint density at radius 2 is 1.77 bits per heavy atom. The van der Waals surface area contributed by atoms with Crippen LogP contribution in [-0.2, 0) is 4.52 Å². The van der Waals surface area contributed by atoms with Crippen LogP contribution in [0.2, 0.25) is 1.41 Å². The molecule has 0 unspecified atom stereocenters. The smallest absolute Gasteiger partial charge is 0.118 e. The van der Waals surface area contributed by atoms with Crippen molar-refractivity contribution in [3.05, 3.63) is 0 Å². The molecule has 0 atom stereocenters. The first kappa shape index (κ1) is 13.4. The van der Waals surface area contributed by atoms with Crippen molar-refractivity contribution in [1.82, 2.24) is 0 Å². The van der Waals surface area contributed by atoms with Crippen LogP contribution in [0.5, 0.6) is 0 Å². The molecule has 0 aliphatic heterocycles. The van der Waals surface area contributed by atoms with Crippen LogP contribution in [0, 0.1) is 0 Å². The van der Waals surface area contributed by atoms with E-state index in [0.717, 1.165) is 19.6 Å². The van der Waals surface area contributed by atoms with Crippen molar-refractivity contribution in [2.45, 2.75) is 39.5 Å². The SMILES string of the molecule is CC.[3H]NCCCCCCOP(C)C. The lowest BCUT2D eigenvalue weighted by atomic mass is 10.2. The monoisotopic (exact) mass is 209 g/mol. The summed E-state index contributed by atoms with van der Waals surface area (Å²) in [7, 11) is -0.170. The van der Waals surface area contributed by atoms with Crippen LogP contribution in [-0.4, -0.2) is 26.5 Å². The summed E-state index contributed by atoms with van der Waals surface area (Å²) in [6.07, 6.45) is 4.71. The van der Waals surface area contributed by atoms with Crippen LogP contribution < -0.4 is 5.73 Å². The molecule has 0 aromatic rings. The molecule has 0 saturated carbocycles. The zero-order valence-electron chi connectivity index (χ0n) is 10.6. The Morgan fingerprint density at radius 3 is 2.31 bits per heavy atom. The normalized spacial score (nSPS) is 10.7. The molecule has 0 aliphatic carbocycles. The molecule has 0 aromatic heterocycles. The van der Waals surface area contributed by atoms with E-state index in [1.54, 1.807) is 0 Å². The molecule has 0 radical (unpaired) electrons. The number of nitrogens with two attached hydrogens (primary N) is 1. The van der Waals surface area contributed by atoms with Crippen molar-refractivity contribution < 1.29 is 5.94 Å². The van der Waals surface area contributed by atoms with Crippen LogP contribution in [0.4, 0.5) is 0 Å². The fraction of sp³-hybridized carbons (Fsp3) is 1.00. The van der Waals surface area contributed by atoms with Crippen LogP contribution in [0.1, 0.15) is 39.5 Å². The molecule has 0 aliphatic rings. The van der Waals surface area contributed by atoms with Gasteiger partial charge in [0, 0.05) is 8.15 Å². The van der Waals surface area contributed by atoms with Crippen LogP contribution in [0.3, 0.4) is 0 Å². The minimum absolute atomic E-state index is 0.170. The van der Waals surface area contributed by atoms with Crippen molar-refractivity contribution in [3.63, 3.8) is 0 Å². The van der Waals surface area contributed by atoms with E-state index in [1.807, 2.05) is 13.8 Å². The first-order valence-corrected chi connectivity index (χ1v) is 7.37. The van der Waals surface area contributed by atoms with Gasteiger partial charge in [0.05, 0.1) is 6.61 Å². The summed E-state index contributed by atoms with van der Waals surface area (Å²) in [4.78, 5) is 0. The maximum atomic E-state index is 6.70. The largest absolute Gasteiger partial charge is 0.360 e. The van der Waals surface area contributed by atoms with E-state index in [4.69, 9.17) is 5.94 Å². The van der Waals surface area contributed by atoms with E-state index >= 15 is 0 Å². The van der Waals surface area contributed by atoms with Gasteiger partial charge in [0.1, 0.15) is 1.41 Å². The summed E-state index contributed by atoms with van der Waals surface area (Å²) in [6, 6.07) is 0. The highest BCUT2D eigenvalue weighted by Crippen LogP contribution is 2.25. The molecule has 0 amide bonds. The molecule has 2 nitrogen and oxygen atoms in total. The van der Waals surface area contributed by atoms with Gasteiger partial charge in [-0.25, -0.2) is 0 Å². The van der Waals surface area contributed by atoms with Gasteiger partial charge in [0.25, 0.3) is 0 Å². The van der Waals surface area contributed by atoms with Gasteiger partial charge in [-0.05, 0) is 32.7 Å². The molecule has 0 bridgehead atoms. The molecule has 2 N–H and O–H groups in total. The molecular weight excluding hydrogens is 181 g/mol. The van der Waals surface area contributed by atoms with Gasteiger partial charge >= 0.3 is 0 Å². The van der Waals surface area contributed by atoms with Gasteiger partial charge in [0.2, 0.25) is 0 Å². The minimum atomic E-state index is -0.170. The maximum Gasteiger partial charge on any atom is 0.118 e. The second kappa shape index (κ2) is 14.9. The van der Waals surface area contributed by atoms with Crippen LogP contribution in [0.15, 0.2) is 0 Å². The van der Waals surface area contributed by atoms with Crippen molar-refractivity contribution in [3.8, 4) is 0 Å². The number of hydrogen-bond donors (Lipinski definition) is 1. The van der Waals surface area contributed by atoms with Crippen molar-refractivity contribution in [1.29, 1.82) is 0 Å². The third kappa shape index (κ3) is 19.0. The zero-order valence-corrected chi connectivity index (χ0v) is 10.5. The Morgan fingerprint density at radius 1 is 1.15 bits per heavy atom. The summed E-state index contributed by atoms with van der Waals surface area (Å²) in [5, 5.41) is 0. The highest BCUT2D eigenvalue weighted by atomic mass is 31.1. The van der Waals surface area contributed by atoms with E-state index in [2.05, 4.69) is 19.1 Å². The van der Waals surface area contributed by atoms with Gasteiger partial charge in [0.15, 0.2) is 0 Å².